The van der Waals surface area contributed by atoms with Crippen LogP contribution >= 0.6 is 0 Å². The number of alkyl halides is 6. The third-order valence-electron chi connectivity index (χ3n) is 7.44. The van der Waals surface area contributed by atoms with Crippen LogP contribution < -0.4 is 25.7 Å². The summed E-state index contributed by atoms with van der Waals surface area (Å²) in [6.07, 6.45) is -2.99. The van der Waals surface area contributed by atoms with E-state index in [0.717, 1.165) is 62.4 Å². The van der Waals surface area contributed by atoms with Crippen molar-refractivity contribution in [1.29, 1.82) is 0 Å². The molecule has 0 saturated heterocycles. The van der Waals surface area contributed by atoms with E-state index in [2.05, 4.69) is 66.9 Å². The first-order valence-electron chi connectivity index (χ1n) is 15.8. The van der Waals surface area contributed by atoms with Crippen molar-refractivity contribution in [3.8, 4) is 0 Å². The molecule has 272 valence electrons. The van der Waals surface area contributed by atoms with Crippen LogP contribution in [0.5, 0.6) is 0 Å². The highest BCUT2D eigenvalue weighted by Crippen LogP contribution is 2.20. The third-order valence-corrected chi connectivity index (χ3v) is 7.44. The second-order valence-corrected chi connectivity index (χ2v) is 11.0. The summed E-state index contributed by atoms with van der Waals surface area (Å²) in [5.74, 6) is -4.68. The number of hydrogen-bond acceptors (Lipinski definition) is 7. The van der Waals surface area contributed by atoms with Crippen molar-refractivity contribution in [3.63, 3.8) is 0 Å². The minimum atomic E-state index is -5.19. The minimum Gasteiger partial charge on any atom is -0.542 e. The number of aliphatic carboxylic acids is 2. The number of rotatable bonds is 15. The molecule has 16 heteroatoms. The topological polar surface area (TPSA) is 160 Å². The summed E-state index contributed by atoms with van der Waals surface area (Å²) in [5.41, 5.74) is 2.21. The molecule has 0 aliphatic carbocycles. The molecule has 1 aliphatic heterocycles. The van der Waals surface area contributed by atoms with Crippen molar-refractivity contribution in [3.05, 3.63) is 54.2 Å². The number of halogens is 6. The number of carbonyl (C=O) groups is 4. The van der Waals surface area contributed by atoms with Gasteiger partial charge in [-0.15, -0.1) is 0 Å². The molecule has 0 fully saturated rings. The van der Waals surface area contributed by atoms with E-state index < -0.39 is 24.3 Å². The standard InChI is InChI=1S/C29H40N4O2.2C2HF3O2/c1-4-25(34)14-8-7-9-15-26(31-28(35)18-19-33(5-2)6-3)29-30-21-27(32-29)24-17-16-22-12-10-11-13-23(22)20-24;2*3-2(4,5)1(6)7/h10-13,16-17,20-21,26H,4-9,14-15,18-19H2,1-3H3,(H,30,32)(H,31,35);2*(H,6,7)/t26-;;/m0../s1. The van der Waals surface area contributed by atoms with E-state index in [1.807, 2.05) is 13.1 Å². The first-order chi connectivity index (χ1) is 22.9. The predicted molar refractivity (Wildman–Crippen MR) is 165 cm³/mol. The predicted octanol–water partition coefficient (Wildman–Crippen LogP) is 1.44. The fourth-order valence-electron chi connectivity index (χ4n) is 4.57. The molecule has 10 nitrogen and oxygen atoms in total. The van der Waals surface area contributed by atoms with Crippen LogP contribution in [0.1, 0.15) is 71.3 Å². The van der Waals surface area contributed by atoms with Crippen molar-refractivity contribution in [2.45, 2.75) is 84.1 Å². The summed E-state index contributed by atoms with van der Waals surface area (Å²) in [4.78, 5) is 48.1. The quantitative estimate of drug-likeness (QED) is 0.188. The highest BCUT2D eigenvalue weighted by atomic mass is 19.4. The largest absolute Gasteiger partial charge is 0.542 e. The van der Waals surface area contributed by atoms with Crippen LogP contribution in [-0.2, 0) is 19.2 Å². The van der Waals surface area contributed by atoms with E-state index >= 15 is 0 Å². The number of benzene rings is 2. The average Bonchev–Trinajstić information content (AvgIpc) is 3.54. The first-order valence-corrected chi connectivity index (χ1v) is 15.8. The minimum absolute atomic E-state index is 0.0887. The Hall–Kier alpha value is -4.31. The van der Waals surface area contributed by atoms with Crippen LogP contribution in [0.3, 0.4) is 0 Å². The number of aliphatic imine (C=N–C) groups is 1. The molecule has 1 amide bonds. The van der Waals surface area contributed by atoms with Crippen LogP contribution in [0.25, 0.3) is 16.5 Å². The fraction of sp³-hybridized carbons (Fsp3) is 0.485. The molecule has 0 bridgehead atoms. The summed E-state index contributed by atoms with van der Waals surface area (Å²) >= 11 is 0. The summed E-state index contributed by atoms with van der Waals surface area (Å²) in [6.45, 7) is 9.14. The van der Waals surface area contributed by atoms with Gasteiger partial charge in [-0.25, -0.2) is 4.99 Å². The lowest BCUT2D eigenvalue weighted by molar-refractivity contribution is -0.895. The summed E-state index contributed by atoms with van der Waals surface area (Å²) < 4.78 is 63.1. The summed E-state index contributed by atoms with van der Waals surface area (Å²) in [5, 5.41) is 25.4. The van der Waals surface area contributed by atoms with Crippen molar-refractivity contribution in [1.82, 2.24) is 5.32 Å². The van der Waals surface area contributed by atoms with Crippen molar-refractivity contribution < 1.29 is 66.0 Å². The molecule has 1 heterocycles. The Morgan fingerprint density at radius 3 is 1.94 bits per heavy atom. The highest BCUT2D eigenvalue weighted by Gasteiger charge is 2.30. The third kappa shape index (κ3) is 16.6. The van der Waals surface area contributed by atoms with Crippen molar-refractivity contribution in [2.24, 2.45) is 4.99 Å². The van der Waals surface area contributed by atoms with Gasteiger partial charge in [-0.1, -0.05) is 50.1 Å². The lowest BCUT2D eigenvalue weighted by atomic mass is 10.0. The number of carbonyl (C=O) groups excluding carboxylic acids is 4. The van der Waals surface area contributed by atoms with Gasteiger partial charge < -0.3 is 30.0 Å². The number of carboxylic acids is 2. The fourth-order valence-corrected chi connectivity index (χ4v) is 4.57. The molecule has 2 aromatic rings. The monoisotopic (exact) mass is 704 g/mol. The smallest absolute Gasteiger partial charge is 0.430 e. The normalized spacial score (nSPS) is 13.3. The van der Waals surface area contributed by atoms with Gasteiger partial charge in [0.05, 0.1) is 32.3 Å². The lowest BCUT2D eigenvalue weighted by Crippen LogP contribution is -3.11. The Morgan fingerprint density at radius 2 is 1.41 bits per heavy atom. The number of hydrogen-bond donors (Lipinski definition) is 3. The van der Waals surface area contributed by atoms with Gasteiger partial charge in [0.2, 0.25) is 11.7 Å². The van der Waals surface area contributed by atoms with Crippen molar-refractivity contribution >= 4 is 45.9 Å². The molecule has 1 atom stereocenters. The Labute approximate surface area is 280 Å². The van der Waals surface area contributed by atoms with Gasteiger partial charge in [0.15, 0.2) is 5.70 Å². The zero-order valence-electron chi connectivity index (χ0n) is 27.5. The highest BCUT2D eigenvalue weighted by molar-refractivity contribution is 5.91. The number of fused-ring (bicyclic) bond motifs is 1. The molecule has 0 aromatic heterocycles. The number of ketones is 1. The Bertz CT molecular complexity index is 1430. The zero-order valence-corrected chi connectivity index (χ0v) is 27.5. The number of unbranched alkanes of at least 4 members (excludes halogenated alkanes) is 2. The van der Waals surface area contributed by atoms with E-state index in [1.165, 1.54) is 15.7 Å². The van der Waals surface area contributed by atoms with Crippen LogP contribution in [-0.4, -0.2) is 67.5 Å². The number of amides is 1. The molecular weight excluding hydrogens is 662 g/mol. The molecule has 49 heavy (non-hydrogen) atoms. The second kappa shape index (κ2) is 20.9. The van der Waals surface area contributed by atoms with Gasteiger partial charge in [-0.2, -0.15) is 26.3 Å². The number of amidine groups is 1. The second-order valence-electron chi connectivity index (χ2n) is 11.0. The van der Waals surface area contributed by atoms with E-state index in [4.69, 9.17) is 24.8 Å². The van der Waals surface area contributed by atoms with Crippen LogP contribution in [0, 0.1) is 0 Å². The average molecular weight is 705 g/mol. The van der Waals surface area contributed by atoms with E-state index in [9.17, 15) is 35.9 Å². The van der Waals surface area contributed by atoms with Gasteiger partial charge in [0.25, 0.3) is 0 Å². The molecule has 0 spiro atoms. The molecule has 3 rings (SSSR count). The van der Waals surface area contributed by atoms with Gasteiger partial charge >= 0.3 is 12.4 Å². The number of nitrogens with two attached hydrogens (primary N) is 1. The summed E-state index contributed by atoms with van der Waals surface area (Å²) in [7, 11) is 0. The van der Waals surface area contributed by atoms with Gasteiger partial charge in [0.1, 0.15) is 23.8 Å². The lowest BCUT2D eigenvalue weighted by Gasteiger charge is -2.19. The Kier molecular flexibility index (Phi) is 18.2. The Morgan fingerprint density at radius 1 is 0.837 bits per heavy atom. The van der Waals surface area contributed by atoms with E-state index in [1.54, 1.807) is 0 Å². The maximum atomic E-state index is 12.8. The number of nitrogens with zero attached hydrogens (tertiary/aromatic N) is 1. The molecule has 2 aromatic carbocycles. The molecule has 1 aliphatic rings. The van der Waals surface area contributed by atoms with Crippen molar-refractivity contribution in [2.75, 3.05) is 19.6 Å². The number of nitrogens with one attached hydrogen (secondary N) is 2. The van der Waals surface area contributed by atoms with E-state index in [-0.39, 0.29) is 11.9 Å². The maximum Gasteiger partial charge on any atom is 0.430 e. The Balaban J connectivity index is 0.000000717. The van der Waals surface area contributed by atoms with E-state index in [0.29, 0.717) is 25.0 Å². The first kappa shape index (κ1) is 42.7. The number of Topliss-reactive ketones (excluding diaryl/α,β-unsaturated/α-hetero) is 1. The zero-order chi connectivity index (χ0) is 37.2. The van der Waals surface area contributed by atoms with Gasteiger partial charge in [-0.3, -0.25) is 14.9 Å². The maximum absolute atomic E-state index is 12.8. The van der Waals surface area contributed by atoms with Gasteiger partial charge in [-0.05, 0) is 49.6 Å². The molecule has 0 unspecified atom stereocenters. The SMILES string of the molecule is CCC(=O)CCCCC[C@H](NC(=O)CC[NH+](CC)CC)C1=NC=C(c2ccc3ccccc3c2)[NH2+]1.O=C([O-])C(F)(F)F.O=C([O-])C(F)(F)F. The molecule has 0 radical (unpaired) electrons. The van der Waals surface area contributed by atoms with Crippen LogP contribution in [0.15, 0.2) is 53.7 Å². The molecular formula is C33H42F6N4O6. The van der Waals surface area contributed by atoms with Crippen LogP contribution in [0.2, 0.25) is 0 Å². The van der Waals surface area contributed by atoms with Gasteiger partial charge in [0, 0.05) is 18.4 Å². The molecule has 4 N–H and O–H groups in total. The number of quaternary nitrogens is 2. The number of carboxylic acid groups (broad SMARTS) is 2. The summed E-state index contributed by atoms with van der Waals surface area (Å²) in [6, 6.07) is 14.7. The van der Waals surface area contributed by atoms with Crippen LogP contribution in [0.4, 0.5) is 26.3 Å². The molecule has 0 saturated carbocycles.